The number of hydrogen-bond acceptors (Lipinski definition) is 3. The Hall–Kier alpha value is -3.21. The van der Waals surface area contributed by atoms with Gasteiger partial charge < -0.3 is 10.5 Å². The van der Waals surface area contributed by atoms with Crippen molar-refractivity contribution < 1.29 is 13.9 Å². The molecule has 1 aromatic heterocycles. The van der Waals surface area contributed by atoms with Crippen molar-refractivity contribution in [1.82, 2.24) is 4.98 Å². The van der Waals surface area contributed by atoms with Crippen LogP contribution in [0.4, 0.5) is 4.39 Å². The van der Waals surface area contributed by atoms with Crippen molar-refractivity contribution >= 4 is 5.91 Å². The van der Waals surface area contributed by atoms with Crippen molar-refractivity contribution in [3.05, 3.63) is 83.9 Å². The van der Waals surface area contributed by atoms with E-state index in [1.165, 1.54) is 6.07 Å². The molecule has 0 radical (unpaired) electrons. The highest BCUT2D eigenvalue weighted by Crippen LogP contribution is 2.29. The van der Waals surface area contributed by atoms with E-state index in [2.05, 4.69) is 4.98 Å². The highest BCUT2D eigenvalue weighted by molar-refractivity contribution is 5.82. The molecule has 1 amide bonds. The van der Waals surface area contributed by atoms with Gasteiger partial charge in [-0.2, -0.15) is 0 Å². The topological polar surface area (TPSA) is 65.2 Å². The average Bonchev–Trinajstić information content (AvgIpc) is 2.68. The maximum absolute atomic E-state index is 14.3. The number of nitrogens with two attached hydrogens (primary N) is 1. The van der Waals surface area contributed by atoms with Crippen molar-refractivity contribution in [1.29, 1.82) is 0 Å². The zero-order valence-electron chi connectivity index (χ0n) is 15.1. The summed E-state index contributed by atoms with van der Waals surface area (Å²) in [6.45, 7) is 2.37. The van der Waals surface area contributed by atoms with Gasteiger partial charge >= 0.3 is 0 Å². The van der Waals surface area contributed by atoms with Gasteiger partial charge in [0.05, 0.1) is 12.5 Å². The zero-order chi connectivity index (χ0) is 19.2. The number of rotatable bonds is 7. The second-order valence-corrected chi connectivity index (χ2v) is 6.23. The van der Waals surface area contributed by atoms with E-state index in [0.717, 1.165) is 11.1 Å². The molecule has 0 aliphatic rings. The fraction of sp³-hybridized carbons (Fsp3) is 0.182. The normalized spacial score (nSPS) is 11.8. The van der Waals surface area contributed by atoms with Crippen LogP contribution in [0.3, 0.4) is 0 Å². The first-order chi connectivity index (χ1) is 13.1. The minimum absolute atomic E-state index is 0.355. The third-order valence-electron chi connectivity index (χ3n) is 4.34. The van der Waals surface area contributed by atoms with Gasteiger partial charge in [0.2, 0.25) is 5.91 Å². The Balaban J connectivity index is 1.92. The van der Waals surface area contributed by atoms with Crippen molar-refractivity contribution in [3.63, 3.8) is 0 Å². The summed E-state index contributed by atoms with van der Waals surface area (Å²) < 4.78 is 19.8. The smallest absolute Gasteiger partial charge is 0.225 e. The number of hydrogen-bond donors (Lipinski definition) is 1. The Labute approximate surface area is 157 Å². The second kappa shape index (κ2) is 8.45. The summed E-state index contributed by atoms with van der Waals surface area (Å²) in [6, 6.07) is 15.8. The molecule has 0 saturated carbocycles. The van der Waals surface area contributed by atoms with Crippen LogP contribution in [0.5, 0.6) is 5.75 Å². The first kappa shape index (κ1) is 18.6. The standard InChI is InChI=1S/C22H21FN2O2/c1-2-27-18-8-9-21(23)19(12-18)17-10-15(13-25-14-17)11-20(22(24)26)16-6-4-3-5-7-16/h3-10,12-14,20H,2,11H2,1H3,(H2,24,26). The number of carbonyl (C=O) groups is 1. The van der Waals surface area contributed by atoms with Crippen molar-refractivity contribution in [3.8, 4) is 16.9 Å². The molecular weight excluding hydrogens is 343 g/mol. The third kappa shape index (κ3) is 4.50. The molecule has 0 aliphatic carbocycles. The van der Waals surface area contributed by atoms with E-state index < -0.39 is 11.8 Å². The lowest BCUT2D eigenvalue weighted by molar-refractivity contribution is -0.119. The molecular formula is C22H21FN2O2. The first-order valence-electron chi connectivity index (χ1n) is 8.79. The van der Waals surface area contributed by atoms with Crippen LogP contribution in [-0.4, -0.2) is 17.5 Å². The largest absolute Gasteiger partial charge is 0.494 e. The van der Waals surface area contributed by atoms with E-state index in [-0.39, 0.29) is 5.82 Å². The molecule has 1 heterocycles. The van der Waals surface area contributed by atoms with Crippen LogP contribution in [0.1, 0.15) is 24.0 Å². The van der Waals surface area contributed by atoms with Gasteiger partial charge in [-0.1, -0.05) is 30.3 Å². The molecule has 3 aromatic rings. The zero-order valence-corrected chi connectivity index (χ0v) is 15.1. The number of benzene rings is 2. The Morgan fingerprint density at radius 2 is 1.93 bits per heavy atom. The summed E-state index contributed by atoms with van der Waals surface area (Å²) in [7, 11) is 0. The fourth-order valence-corrected chi connectivity index (χ4v) is 3.03. The number of ether oxygens (including phenoxy) is 1. The van der Waals surface area contributed by atoms with Gasteiger partial charge in [0.1, 0.15) is 11.6 Å². The number of primary amides is 1. The van der Waals surface area contributed by atoms with Crippen LogP contribution in [0.2, 0.25) is 0 Å². The molecule has 0 aliphatic heterocycles. The van der Waals surface area contributed by atoms with Crippen LogP contribution in [-0.2, 0) is 11.2 Å². The molecule has 27 heavy (non-hydrogen) atoms. The maximum atomic E-state index is 14.3. The molecule has 2 aromatic carbocycles. The van der Waals surface area contributed by atoms with Crippen LogP contribution < -0.4 is 10.5 Å². The molecule has 1 atom stereocenters. The molecule has 1 unspecified atom stereocenters. The molecule has 2 N–H and O–H groups in total. The highest BCUT2D eigenvalue weighted by Gasteiger charge is 2.19. The summed E-state index contributed by atoms with van der Waals surface area (Å²) in [6.07, 6.45) is 3.67. The van der Waals surface area contributed by atoms with E-state index >= 15 is 0 Å². The van der Waals surface area contributed by atoms with Crippen LogP contribution in [0, 0.1) is 5.82 Å². The molecule has 4 nitrogen and oxygen atoms in total. The van der Waals surface area contributed by atoms with Gasteiger partial charge in [-0.05, 0) is 48.7 Å². The molecule has 0 fully saturated rings. The molecule has 0 saturated heterocycles. The Morgan fingerprint density at radius 1 is 1.15 bits per heavy atom. The van der Waals surface area contributed by atoms with Crippen LogP contribution in [0.25, 0.3) is 11.1 Å². The Morgan fingerprint density at radius 3 is 2.63 bits per heavy atom. The number of nitrogens with zero attached hydrogens (tertiary/aromatic N) is 1. The van der Waals surface area contributed by atoms with Crippen molar-refractivity contribution in [2.75, 3.05) is 6.61 Å². The summed E-state index contributed by atoms with van der Waals surface area (Å²) >= 11 is 0. The molecule has 0 spiro atoms. The predicted molar refractivity (Wildman–Crippen MR) is 103 cm³/mol. The SMILES string of the molecule is CCOc1ccc(F)c(-c2cncc(CC(C(N)=O)c3ccccc3)c2)c1. The summed E-state index contributed by atoms with van der Waals surface area (Å²) in [5, 5.41) is 0. The lowest BCUT2D eigenvalue weighted by atomic mass is 9.91. The van der Waals surface area contributed by atoms with Gasteiger partial charge in [0.15, 0.2) is 0 Å². The van der Waals surface area contributed by atoms with Crippen molar-refractivity contribution in [2.24, 2.45) is 5.73 Å². The molecule has 3 rings (SSSR count). The summed E-state index contributed by atoms with van der Waals surface area (Å²) in [5.74, 6) is -0.635. The number of aromatic nitrogens is 1. The minimum Gasteiger partial charge on any atom is -0.494 e. The van der Waals surface area contributed by atoms with Gasteiger partial charge in [0.25, 0.3) is 0 Å². The van der Waals surface area contributed by atoms with Crippen LogP contribution >= 0.6 is 0 Å². The second-order valence-electron chi connectivity index (χ2n) is 6.23. The fourth-order valence-electron chi connectivity index (χ4n) is 3.03. The van der Waals surface area contributed by atoms with E-state index in [9.17, 15) is 9.18 Å². The van der Waals surface area contributed by atoms with Crippen LogP contribution in [0.15, 0.2) is 67.0 Å². The van der Waals surface area contributed by atoms with E-state index in [4.69, 9.17) is 10.5 Å². The maximum Gasteiger partial charge on any atom is 0.225 e. The van der Waals surface area contributed by atoms with Gasteiger partial charge in [-0.15, -0.1) is 0 Å². The summed E-state index contributed by atoms with van der Waals surface area (Å²) in [5.41, 5.74) is 8.30. The number of carbonyl (C=O) groups excluding carboxylic acids is 1. The lowest BCUT2D eigenvalue weighted by Crippen LogP contribution is -2.23. The summed E-state index contributed by atoms with van der Waals surface area (Å²) in [4.78, 5) is 16.2. The quantitative estimate of drug-likeness (QED) is 0.686. The lowest BCUT2D eigenvalue weighted by Gasteiger charge is -2.14. The minimum atomic E-state index is -0.470. The monoisotopic (exact) mass is 364 g/mol. The number of amides is 1. The third-order valence-corrected chi connectivity index (χ3v) is 4.34. The highest BCUT2D eigenvalue weighted by atomic mass is 19.1. The Bertz CT molecular complexity index is 929. The number of halogens is 1. The van der Waals surface area contributed by atoms with Gasteiger partial charge in [-0.3, -0.25) is 9.78 Å². The molecule has 5 heteroatoms. The van der Waals surface area contributed by atoms with Gasteiger partial charge in [0, 0.05) is 23.5 Å². The van der Waals surface area contributed by atoms with Crippen molar-refractivity contribution in [2.45, 2.75) is 19.3 Å². The Kier molecular flexibility index (Phi) is 5.81. The predicted octanol–water partition coefficient (Wildman–Crippen LogP) is 4.10. The van der Waals surface area contributed by atoms with E-state index in [0.29, 0.717) is 29.9 Å². The van der Waals surface area contributed by atoms with E-state index in [1.54, 1.807) is 24.5 Å². The average molecular weight is 364 g/mol. The first-order valence-corrected chi connectivity index (χ1v) is 8.79. The molecule has 138 valence electrons. The number of pyridine rings is 1. The van der Waals surface area contributed by atoms with E-state index in [1.807, 2.05) is 43.3 Å². The van der Waals surface area contributed by atoms with Gasteiger partial charge in [-0.25, -0.2) is 4.39 Å². The molecule has 0 bridgehead atoms.